The molecule has 2 rings (SSSR count). The smallest absolute Gasteiger partial charge is 0.307 e. The molecule has 0 saturated carbocycles. The van der Waals surface area contributed by atoms with Crippen molar-refractivity contribution in [3.05, 3.63) is 71.4 Å². The van der Waals surface area contributed by atoms with Crippen LogP contribution in [0.5, 0.6) is 5.75 Å². The molecule has 144 valence electrons. The summed E-state index contributed by atoms with van der Waals surface area (Å²) in [6, 6.07) is 16.1. The minimum Gasteiger partial charge on any atom is -0.497 e. The summed E-state index contributed by atoms with van der Waals surface area (Å²) in [4.78, 5) is 22.8. The number of benzene rings is 2. The van der Waals surface area contributed by atoms with Crippen molar-refractivity contribution in [2.24, 2.45) is 0 Å². The van der Waals surface area contributed by atoms with E-state index in [1.165, 1.54) is 6.20 Å². The standard InChI is InChI=1S/C21H21N3O4/c1-28-19-8-4-15(5-9-19)10-11-23-21(27)17(13-22)14-24-18-6-2-16(3-7-18)12-20(25)26/h2-9,14,24H,10-12H2,1H3,(H,23,27)(H,25,26)/b17-14-. The Morgan fingerprint density at radius 1 is 1.11 bits per heavy atom. The van der Waals surface area contributed by atoms with Crippen LogP contribution in [0, 0.1) is 11.3 Å². The fraction of sp³-hybridized carbons (Fsp3) is 0.190. The molecule has 3 N–H and O–H groups in total. The summed E-state index contributed by atoms with van der Waals surface area (Å²) in [5, 5.41) is 23.5. The molecule has 7 heteroatoms. The van der Waals surface area contributed by atoms with Crippen molar-refractivity contribution in [3.8, 4) is 11.8 Å². The molecule has 0 fully saturated rings. The van der Waals surface area contributed by atoms with E-state index in [-0.39, 0.29) is 12.0 Å². The van der Waals surface area contributed by atoms with Crippen LogP contribution in [-0.4, -0.2) is 30.6 Å². The first-order valence-electron chi connectivity index (χ1n) is 8.60. The quantitative estimate of drug-likeness (QED) is 0.456. The van der Waals surface area contributed by atoms with Crippen LogP contribution in [0.2, 0.25) is 0 Å². The topological polar surface area (TPSA) is 111 Å². The summed E-state index contributed by atoms with van der Waals surface area (Å²) in [6.07, 6.45) is 1.90. The van der Waals surface area contributed by atoms with Gasteiger partial charge in [0.2, 0.25) is 0 Å². The molecule has 0 heterocycles. The number of aliphatic carboxylic acids is 1. The highest BCUT2D eigenvalue weighted by Crippen LogP contribution is 2.12. The summed E-state index contributed by atoms with van der Waals surface area (Å²) in [7, 11) is 1.60. The number of carbonyl (C=O) groups excluding carboxylic acids is 1. The highest BCUT2D eigenvalue weighted by atomic mass is 16.5. The van der Waals surface area contributed by atoms with E-state index in [2.05, 4.69) is 10.6 Å². The number of methoxy groups -OCH3 is 1. The lowest BCUT2D eigenvalue weighted by atomic mass is 10.1. The molecule has 0 saturated heterocycles. The molecule has 0 aliphatic carbocycles. The second-order valence-electron chi connectivity index (χ2n) is 5.94. The van der Waals surface area contributed by atoms with Crippen LogP contribution in [-0.2, 0) is 22.4 Å². The molecule has 0 aliphatic heterocycles. The maximum Gasteiger partial charge on any atom is 0.307 e. The number of carbonyl (C=O) groups is 2. The van der Waals surface area contributed by atoms with Gasteiger partial charge < -0.3 is 20.5 Å². The second kappa shape index (κ2) is 10.4. The maximum absolute atomic E-state index is 12.1. The summed E-state index contributed by atoms with van der Waals surface area (Å²) >= 11 is 0. The Labute approximate surface area is 163 Å². The highest BCUT2D eigenvalue weighted by Gasteiger charge is 2.08. The van der Waals surface area contributed by atoms with Gasteiger partial charge in [0, 0.05) is 18.4 Å². The summed E-state index contributed by atoms with van der Waals surface area (Å²) in [5.41, 5.74) is 2.30. The summed E-state index contributed by atoms with van der Waals surface area (Å²) in [6.45, 7) is 0.397. The van der Waals surface area contributed by atoms with Crippen molar-refractivity contribution in [2.45, 2.75) is 12.8 Å². The lowest BCUT2D eigenvalue weighted by Crippen LogP contribution is -2.27. The lowest BCUT2D eigenvalue weighted by Gasteiger charge is -2.07. The van der Waals surface area contributed by atoms with Crippen LogP contribution in [0.25, 0.3) is 0 Å². The number of nitriles is 1. The van der Waals surface area contributed by atoms with Gasteiger partial charge in [-0.05, 0) is 41.8 Å². The van der Waals surface area contributed by atoms with E-state index in [0.29, 0.717) is 24.2 Å². The van der Waals surface area contributed by atoms with Crippen molar-refractivity contribution in [3.63, 3.8) is 0 Å². The van der Waals surface area contributed by atoms with Gasteiger partial charge in [-0.1, -0.05) is 24.3 Å². The van der Waals surface area contributed by atoms with Gasteiger partial charge in [-0.2, -0.15) is 5.26 Å². The molecule has 1 amide bonds. The Morgan fingerprint density at radius 3 is 2.32 bits per heavy atom. The molecule has 7 nitrogen and oxygen atoms in total. The maximum atomic E-state index is 12.1. The number of ether oxygens (including phenoxy) is 1. The van der Waals surface area contributed by atoms with Crippen LogP contribution >= 0.6 is 0 Å². The second-order valence-corrected chi connectivity index (χ2v) is 5.94. The molecule has 0 aliphatic rings. The number of nitrogens with one attached hydrogen (secondary N) is 2. The van der Waals surface area contributed by atoms with E-state index < -0.39 is 11.9 Å². The Kier molecular flexibility index (Phi) is 7.61. The van der Waals surface area contributed by atoms with Crippen LogP contribution in [0.3, 0.4) is 0 Å². The monoisotopic (exact) mass is 379 g/mol. The summed E-state index contributed by atoms with van der Waals surface area (Å²) < 4.78 is 5.10. The first kappa shape index (κ1) is 20.5. The van der Waals surface area contributed by atoms with Gasteiger partial charge in [0.15, 0.2) is 0 Å². The van der Waals surface area contributed by atoms with E-state index in [1.807, 2.05) is 30.3 Å². The van der Waals surface area contributed by atoms with Crippen LogP contribution in [0.4, 0.5) is 5.69 Å². The number of nitrogens with zero attached hydrogens (tertiary/aromatic N) is 1. The molecule has 0 radical (unpaired) electrons. The third kappa shape index (κ3) is 6.50. The first-order chi connectivity index (χ1) is 13.5. The molecule has 0 bridgehead atoms. The van der Waals surface area contributed by atoms with Crippen LogP contribution in [0.1, 0.15) is 11.1 Å². The van der Waals surface area contributed by atoms with E-state index >= 15 is 0 Å². The number of hydrogen-bond donors (Lipinski definition) is 3. The molecular formula is C21H21N3O4. The van der Waals surface area contributed by atoms with Crippen molar-refractivity contribution in [2.75, 3.05) is 19.0 Å². The number of amides is 1. The van der Waals surface area contributed by atoms with Gasteiger partial charge in [-0.15, -0.1) is 0 Å². The fourth-order valence-corrected chi connectivity index (χ4v) is 2.41. The van der Waals surface area contributed by atoms with Crippen LogP contribution < -0.4 is 15.4 Å². The van der Waals surface area contributed by atoms with Crippen molar-refractivity contribution in [1.29, 1.82) is 5.26 Å². The number of carboxylic acid groups (broad SMARTS) is 1. The summed E-state index contributed by atoms with van der Waals surface area (Å²) in [5.74, 6) is -0.603. The van der Waals surface area contributed by atoms with E-state index in [9.17, 15) is 14.9 Å². The van der Waals surface area contributed by atoms with Crippen LogP contribution in [0.15, 0.2) is 60.3 Å². The van der Waals surface area contributed by atoms with Gasteiger partial charge in [-0.3, -0.25) is 9.59 Å². The molecular weight excluding hydrogens is 358 g/mol. The molecule has 0 atom stereocenters. The zero-order chi connectivity index (χ0) is 20.4. The lowest BCUT2D eigenvalue weighted by molar-refractivity contribution is -0.136. The Bertz CT molecular complexity index is 881. The zero-order valence-corrected chi connectivity index (χ0v) is 15.4. The number of hydrogen-bond acceptors (Lipinski definition) is 5. The largest absolute Gasteiger partial charge is 0.497 e. The SMILES string of the molecule is COc1ccc(CCNC(=O)/C(C#N)=C\Nc2ccc(CC(=O)O)cc2)cc1. The van der Waals surface area contributed by atoms with E-state index in [0.717, 1.165) is 11.3 Å². The molecule has 28 heavy (non-hydrogen) atoms. The first-order valence-corrected chi connectivity index (χ1v) is 8.60. The molecule has 0 spiro atoms. The predicted molar refractivity (Wildman–Crippen MR) is 105 cm³/mol. The average molecular weight is 379 g/mol. The normalized spacial score (nSPS) is 10.6. The van der Waals surface area contributed by atoms with Crippen molar-refractivity contribution in [1.82, 2.24) is 5.32 Å². The van der Waals surface area contributed by atoms with Gasteiger partial charge in [0.05, 0.1) is 13.5 Å². The molecule has 0 aromatic heterocycles. The molecule has 0 unspecified atom stereocenters. The van der Waals surface area contributed by atoms with Gasteiger partial charge in [0.1, 0.15) is 17.4 Å². The van der Waals surface area contributed by atoms with Crippen molar-refractivity contribution >= 4 is 17.6 Å². The van der Waals surface area contributed by atoms with E-state index in [4.69, 9.17) is 9.84 Å². The van der Waals surface area contributed by atoms with Gasteiger partial charge >= 0.3 is 5.97 Å². The highest BCUT2D eigenvalue weighted by molar-refractivity contribution is 5.97. The Hall–Kier alpha value is -3.79. The Morgan fingerprint density at radius 2 is 1.75 bits per heavy atom. The number of carboxylic acids is 1. The third-order valence-corrected chi connectivity index (χ3v) is 3.92. The number of rotatable bonds is 9. The fourth-order valence-electron chi connectivity index (χ4n) is 2.41. The van der Waals surface area contributed by atoms with E-state index in [1.54, 1.807) is 31.4 Å². The zero-order valence-electron chi connectivity index (χ0n) is 15.4. The third-order valence-electron chi connectivity index (χ3n) is 3.92. The minimum absolute atomic E-state index is 0.0515. The van der Waals surface area contributed by atoms with Gasteiger partial charge in [-0.25, -0.2) is 0 Å². The number of anilines is 1. The predicted octanol–water partition coefficient (Wildman–Crippen LogP) is 2.50. The molecule has 2 aromatic carbocycles. The van der Waals surface area contributed by atoms with Gasteiger partial charge in [0.25, 0.3) is 5.91 Å². The average Bonchev–Trinajstić information content (AvgIpc) is 2.70. The molecule has 2 aromatic rings. The minimum atomic E-state index is -0.904. The Balaban J connectivity index is 1.86. The van der Waals surface area contributed by atoms with Crippen molar-refractivity contribution < 1.29 is 19.4 Å².